The maximum atomic E-state index is 11.7. The summed E-state index contributed by atoms with van der Waals surface area (Å²) in [4.78, 5) is 11.7. The van der Waals surface area contributed by atoms with Crippen LogP contribution in [0.15, 0.2) is 30.8 Å². The highest BCUT2D eigenvalue weighted by Gasteiger charge is 2.20. The zero-order valence-corrected chi connectivity index (χ0v) is 15.1. The van der Waals surface area contributed by atoms with Gasteiger partial charge in [-0.25, -0.2) is 0 Å². The Kier molecular flexibility index (Phi) is 8.68. The zero-order chi connectivity index (χ0) is 17.1. The highest BCUT2D eigenvalue weighted by Crippen LogP contribution is 2.29. The molecule has 0 saturated heterocycles. The summed E-state index contributed by atoms with van der Waals surface area (Å²) in [5.41, 5.74) is 2.51. The van der Waals surface area contributed by atoms with Gasteiger partial charge in [0.25, 0.3) is 0 Å². The number of carbonyl (C=O) groups excluding carboxylic acids is 1. The molecule has 0 aliphatic carbocycles. The van der Waals surface area contributed by atoms with Crippen molar-refractivity contribution in [2.24, 2.45) is 0 Å². The molecule has 0 heterocycles. The van der Waals surface area contributed by atoms with Crippen LogP contribution in [0.25, 0.3) is 6.08 Å². The van der Waals surface area contributed by atoms with E-state index in [0.717, 1.165) is 31.2 Å². The molecule has 0 aromatic heterocycles. The van der Waals surface area contributed by atoms with Gasteiger partial charge in [-0.3, -0.25) is 4.79 Å². The van der Waals surface area contributed by atoms with Gasteiger partial charge in [0.2, 0.25) is 0 Å². The molecule has 23 heavy (non-hydrogen) atoms. The summed E-state index contributed by atoms with van der Waals surface area (Å²) in [6, 6.07) is 8.50. The van der Waals surface area contributed by atoms with Crippen molar-refractivity contribution in [2.75, 3.05) is 6.61 Å². The summed E-state index contributed by atoms with van der Waals surface area (Å²) in [7, 11) is 0. The molecule has 1 aromatic rings. The molecule has 0 aliphatic heterocycles. The lowest BCUT2D eigenvalue weighted by molar-refractivity contribution is -0.143. The molecule has 0 amide bonds. The predicted molar refractivity (Wildman–Crippen MR) is 98.5 cm³/mol. The molecular formula is C21H32O2. The molecule has 2 nitrogen and oxygen atoms in total. The molecule has 1 rings (SSSR count). The third kappa shape index (κ3) is 7.49. The first kappa shape index (κ1) is 19.5. The number of ether oxygens (including phenoxy) is 1. The van der Waals surface area contributed by atoms with E-state index in [1.807, 2.05) is 6.08 Å². The van der Waals surface area contributed by atoms with Crippen molar-refractivity contribution >= 4 is 12.0 Å². The standard InChI is InChI=1S/C21H32O2/c1-5-7-8-9-17-23-20(22)11-10-16-21(3,4)19-14-12-18(6-2)13-15-19/h6,12-15H,2,5,7-11,16-17H2,1,3-4H3. The van der Waals surface area contributed by atoms with Crippen LogP contribution >= 0.6 is 0 Å². The SMILES string of the molecule is C=Cc1ccc(C(C)(C)CCCC(=O)OCCCCCC)cc1. The van der Waals surface area contributed by atoms with Crippen LogP contribution in [0.4, 0.5) is 0 Å². The first-order valence-corrected chi connectivity index (χ1v) is 8.88. The monoisotopic (exact) mass is 316 g/mol. The second-order valence-corrected chi connectivity index (χ2v) is 6.84. The molecule has 0 radical (unpaired) electrons. The third-order valence-electron chi connectivity index (χ3n) is 4.37. The molecule has 1 aromatic carbocycles. The van der Waals surface area contributed by atoms with E-state index >= 15 is 0 Å². The summed E-state index contributed by atoms with van der Waals surface area (Å²) < 4.78 is 5.29. The Labute approximate surface area is 141 Å². The Bertz CT molecular complexity index is 471. The highest BCUT2D eigenvalue weighted by molar-refractivity contribution is 5.69. The van der Waals surface area contributed by atoms with Crippen molar-refractivity contribution in [3.63, 3.8) is 0 Å². The molecule has 0 fully saturated rings. The number of carbonyl (C=O) groups is 1. The van der Waals surface area contributed by atoms with Crippen LogP contribution in [0.1, 0.15) is 76.8 Å². The van der Waals surface area contributed by atoms with Crippen LogP contribution < -0.4 is 0 Å². The second kappa shape index (κ2) is 10.3. The van der Waals surface area contributed by atoms with Gasteiger partial charge in [-0.15, -0.1) is 0 Å². The van der Waals surface area contributed by atoms with Crippen LogP contribution in [0.5, 0.6) is 0 Å². The van der Waals surface area contributed by atoms with Gasteiger partial charge in [0, 0.05) is 6.42 Å². The molecule has 128 valence electrons. The molecule has 0 atom stereocenters. The Morgan fingerprint density at radius 1 is 1.13 bits per heavy atom. The van der Waals surface area contributed by atoms with Gasteiger partial charge in [0.15, 0.2) is 0 Å². The molecule has 0 spiro atoms. The minimum Gasteiger partial charge on any atom is -0.466 e. The zero-order valence-electron chi connectivity index (χ0n) is 15.1. The van der Waals surface area contributed by atoms with Crippen molar-refractivity contribution in [2.45, 2.75) is 71.1 Å². The average molecular weight is 316 g/mol. The first-order chi connectivity index (χ1) is 11.0. The minimum atomic E-state index is -0.0562. The van der Waals surface area contributed by atoms with E-state index in [4.69, 9.17) is 4.74 Å². The number of rotatable bonds is 11. The lowest BCUT2D eigenvalue weighted by Crippen LogP contribution is -2.18. The van der Waals surface area contributed by atoms with E-state index < -0.39 is 0 Å². The number of unbranched alkanes of at least 4 members (excludes halogenated alkanes) is 3. The summed E-state index contributed by atoms with van der Waals surface area (Å²) in [5, 5.41) is 0. The first-order valence-electron chi connectivity index (χ1n) is 8.88. The lowest BCUT2D eigenvalue weighted by atomic mass is 9.80. The normalized spacial score (nSPS) is 11.3. The number of esters is 1. The maximum absolute atomic E-state index is 11.7. The van der Waals surface area contributed by atoms with Crippen LogP contribution in [0.3, 0.4) is 0 Å². The van der Waals surface area contributed by atoms with Crippen LogP contribution in [0, 0.1) is 0 Å². The van der Waals surface area contributed by atoms with E-state index in [1.54, 1.807) is 0 Å². The van der Waals surface area contributed by atoms with Crippen molar-refractivity contribution in [3.05, 3.63) is 42.0 Å². The molecule has 0 N–H and O–H groups in total. The molecule has 2 heteroatoms. The smallest absolute Gasteiger partial charge is 0.305 e. The summed E-state index contributed by atoms with van der Waals surface area (Å²) in [6.45, 7) is 11.0. The van der Waals surface area contributed by atoms with Gasteiger partial charge in [0.05, 0.1) is 6.61 Å². The Hall–Kier alpha value is -1.57. The Balaban J connectivity index is 2.29. The maximum Gasteiger partial charge on any atom is 0.305 e. The highest BCUT2D eigenvalue weighted by atomic mass is 16.5. The van der Waals surface area contributed by atoms with E-state index in [1.165, 1.54) is 18.4 Å². The largest absolute Gasteiger partial charge is 0.466 e. The summed E-state index contributed by atoms with van der Waals surface area (Å²) in [5.74, 6) is -0.0562. The summed E-state index contributed by atoms with van der Waals surface area (Å²) >= 11 is 0. The van der Waals surface area contributed by atoms with Gasteiger partial charge >= 0.3 is 5.97 Å². The predicted octanol–water partition coefficient (Wildman–Crippen LogP) is 5.90. The lowest BCUT2D eigenvalue weighted by Gasteiger charge is -2.25. The van der Waals surface area contributed by atoms with Crippen LogP contribution in [-0.4, -0.2) is 12.6 Å². The van der Waals surface area contributed by atoms with Gasteiger partial charge < -0.3 is 4.74 Å². The van der Waals surface area contributed by atoms with Gasteiger partial charge in [0.1, 0.15) is 0 Å². The fourth-order valence-electron chi connectivity index (χ4n) is 2.68. The van der Waals surface area contributed by atoms with E-state index in [-0.39, 0.29) is 11.4 Å². The fraction of sp³-hybridized carbons (Fsp3) is 0.571. The van der Waals surface area contributed by atoms with E-state index in [9.17, 15) is 4.79 Å². The van der Waals surface area contributed by atoms with Crippen LogP contribution in [0.2, 0.25) is 0 Å². The number of hydrogen-bond acceptors (Lipinski definition) is 2. The van der Waals surface area contributed by atoms with Crippen molar-refractivity contribution in [1.82, 2.24) is 0 Å². The van der Waals surface area contributed by atoms with E-state index in [0.29, 0.717) is 13.0 Å². The van der Waals surface area contributed by atoms with Gasteiger partial charge in [-0.1, -0.05) is 77.0 Å². The van der Waals surface area contributed by atoms with Gasteiger partial charge in [-0.05, 0) is 35.8 Å². The molecular weight excluding hydrogens is 284 g/mol. The van der Waals surface area contributed by atoms with Crippen molar-refractivity contribution < 1.29 is 9.53 Å². The molecule has 0 aliphatic rings. The topological polar surface area (TPSA) is 26.3 Å². The van der Waals surface area contributed by atoms with Crippen LogP contribution in [-0.2, 0) is 14.9 Å². The molecule has 0 bridgehead atoms. The number of benzene rings is 1. The minimum absolute atomic E-state index is 0.0562. The quantitative estimate of drug-likeness (QED) is 0.375. The Morgan fingerprint density at radius 2 is 1.83 bits per heavy atom. The van der Waals surface area contributed by atoms with Crippen molar-refractivity contribution in [3.8, 4) is 0 Å². The number of hydrogen-bond donors (Lipinski definition) is 0. The third-order valence-corrected chi connectivity index (χ3v) is 4.37. The van der Waals surface area contributed by atoms with Gasteiger partial charge in [-0.2, -0.15) is 0 Å². The fourth-order valence-corrected chi connectivity index (χ4v) is 2.68. The average Bonchev–Trinajstić information content (AvgIpc) is 2.54. The van der Waals surface area contributed by atoms with Crippen molar-refractivity contribution in [1.29, 1.82) is 0 Å². The molecule has 0 saturated carbocycles. The second-order valence-electron chi connectivity index (χ2n) is 6.84. The summed E-state index contributed by atoms with van der Waals surface area (Å²) in [6.07, 6.45) is 8.77. The molecule has 0 unspecified atom stereocenters. The van der Waals surface area contributed by atoms with E-state index in [2.05, 4.69) is 51.6 Å². The Morgan fingerprint density at radius 3 is 2.43 bits per heavy atom.